The van der Waals surface area contributed by atoms with Gasteiger partial charge in [-0.2, -0.15) is 0 Å². The van der Waals surface area contributed by atoms with Crippen molar-refractivity contribution in [3.63, 3.8) is 0 Å². The molecule has 0 aliphatic heterocycles. The smallest absolute Gasteiger partial charge is 0.158 e. The van der Waals surface area contributed by atoms with Gasteiger partial charge in [0.25, 0.3) is 0 Å². The third-order valence-electron chi connectivity index (χ3n) is 3.27. The van der Waals surface area contributed by atoms with Crippen LogP contribution in [0.25, 0.3) is 0 Å². The van der Waals surface area contributed by atoms with Crippen molar-refractivity contribution < 1.29 is 8.42 Å². The lowest BCUT2D eigenvalue weighted by Crippen LogP contribution is -2.09. The van der Waals surface area contributed by atoms with Crippen molar-refractivity contribution in [2.75, 3.05) is 0 Å². The summed E-state index contributed by atoms with van der Waals surface area (Å²) in [5.74, 6) is -0.0736. The first kappa shape index (κ1) is 16.3. The van der Waals surface area contributed by atoms with Crippen LogP contribution in [0, 0.1) is 13.8 Å². The molecule has 0 unspecified atom stereocenters. The zero-order valence-electron chi connectivity index (χ0n) is 11.9. The third-order valence-corrected chi connectivity index (χ3v) is 5.36. The summed E-state index contributed by atoms with van der Waals surface area (Å²) in [5.41, 5.74) is 3.44. The summed E-state index contributed by atoms with van der Waals surface area (Å²) in [4.78, 5) is 0. The van der Waals surface area contributed by atoms with E-state index in [2.05, 4.69) is 0 Å². The van der Waals surface area contributed by atoms with Gasteiger partial charge in [-0.25, -0.2) is 8.42 Å². The van der Waals surface area contributed by atoms with Crippen molar-refractivity contribution in [1.82, 2.24) is 0 Å². The van der Waals surface area contributed by atoms with Crippen LogP contribution in [0.1, 0.15) is 22.3 Å². The summed E-state index contributed by atoms with van der Waals surface area (Å²) in [6.07, 6.45) is 0. The topological polar surface area (TPSA) is 34.1 Å². The van der Waals surface area contributed by atoms with E-state index in [-0.39, 0.29) is 11.5 Å². The quantitative estimate of drug-likeness (QED) is 0.805. The monoisotopic (exact) mass is 342 g/mol. The maximum absolute atomic E-state index is 12.4. The van der Waals surface area contributed by atoms with Crippen LogP contribution in [0.4, 0.5) is 0 Å². The van der Waals surface area contributed by atoms with Gasteiger partial charge in [0.2, 0.25) is 0 Å². The second-order valence-electron chi connectivity index (χ2n) is 5.20. The highest BCUT2D eigenvalue weighted by molar-refractivity contribution is 7.89. The molecule has 0 amide bonds. The molecule has 2 rings (SSSR count). The maximum Gasteiger partial charge on any atom is 0.158 e. The van der Waals surface area contributed by atoms with Crippen LogP contribution in [-0.2, 0) is 21.3 Å². The molecule has 0 aliphatic carbocycles. The van der Waals surface area contributed by atoms with E-state index in [1.807, 2.05) is 32.0 Å². The van der Waals surface area contributed by atoms with E-state index in [9.17, 15) is 8.42 Å². The van der Waals surface area contributed by atoms with Crippen molar-refractivity contribution in [3.05, 3.63) is 68.7 Å². The van der Waals surface area contributed by atoms with Crippen LogP contribution in [-0.4, -0.2) is 8.42 Å². The normalized spacial score (nSPS) is 11.6. The van der Waals surface area contributed by atoms with Gasteiger partial charge in [-0.3, -0.25) is 0 Å². The fraction of sp³-hybridized carbons (Fsp3) is 0.250. The number of sulfone groups is 1. The Kier molecular flexibility index (Phi) is 4.97. The zero-order chi connectivity index (χ0) is 15.6. The van der Waals surface area contributed by atoms with Gasteiger partial charge >= 0.3 is 0 Å². The summed E-state index contributed by atoms with van der Waals surface area (Å²) in [6, 6.07) is 10.7. The molecule has 0 fully saturated rings. The van der Waals surface area contributed by atoms with E-state index >= 15 is 0 Å². The first-order valence-corrected chi connectivity index (χ1v) is 9.05. The molecule has 2 aromatic carbocycles. The number of aryl methyl sites for hydroxylation is 2. The second-order valence-corrected chi connectivity index (χ2v) is 8.11. The fourth-order valence-electron chi connectivity index (χ4n) is 2.12. The van der Waals surface area contributed by atoms with Gasteiger partial charge in [0.05, 0.1) is 11.5 Å². The highest BCUT2D eigenvalue weighted by Gasteiger charge is 2.16. The largest absolute Gasteiger partial charge is 0.228 e. The number of hydrogen-bond donors (Lipinski definition) is 0. The Balaban J connectivity index is 2.24. The molecule has 0 atom stereocenters. The van der Waals surface area contributed by atoms with E-state index < -0.39 is 9.84 Å². The summed E-state index contributed by atoms with van der Waals surface area (Å²) in [6.45, 7) is 3.87. The van der Waals surface area contributed by atoms with Crippen LogP contribution in [0.15, 0.2) is 36.4 Å². The summed E-state index contributed by atoms with van der Waals surface area (Å²) in [5, 5.41) is 0.878. The van der Waals surface area contributed by atoms with Crippen LogP contribution in [0.3, 0.4) is 0 Å². The molecule has 0 bridgehead atoms. The van der Waals surface area contributed by atoms with Crippen molar-refractivity contribution >= 4 is 33.0 Å². The zero-order valence-corrected chi connectivity index (χ0v) is 14.2. The van der Waals surface area contributed by atoms with Gasteiger partial charge < -0.3 is 0 Å². The average Bonchev–Trinajstić information content (AvgIpc) is 2.37. The van der Waals surface area contributed by atoms with Crippen LogP contribution in [0.2, 0.25) is 10.0 Å². The molecule has 0 aliphatic rings. The Hall–Kier alpha value is -1.03. The molecule has 0 N–H and O–H groups in total. The fourth-order valence-corrected chi connectivity index (χ4v) is 4.29. The lowest BCUT2D eigenvalue weighted by molar-refractivity contribution is 0.594. The van der Waals surface area contributed by atoms with E-state index in [4.69, 9.17) is 23.2 Å². The van der Waals surface area contributed by atoms with Gasteiger partial charge in [0, 0.05) is 10.0 Å². The first-order valence-electron chi connectivity index (χ1n) is 6.47. The van der Waals surface area contributed by atoms with E-state index in [1.165, 1.54) is 0 Å². The molecule has 2 nitrogen and oxygen atoms in total. The van der Waals surface area contributed by atoms with Crippen molar-refractivity contribution in [1.29, 1.82) is 0 Å². The lowest BCUT2D eigenvalue weighted by Gasteiger charge is -2.10. The molecule has 0 aromatic heterocycles. The minimum Gasteiger partial charge on any atom is -0.228 e. The molecule has 0 saturated heterocycles. The highest BCUT2D eigenvalue weighted by atomic mass is 35.5. The van der Waals surface area contributed by atoms with Crippen LogP contribution in [0.5, 0.6) is 0 Å². The molecule has 0 spiro atoms. The molecule has 0 radical (unpaired) electrons. The van der Waals surface area contributed by atoms with Gasteiger partial charge in [-0.1, -0.05) is 53.0 Å². The third kappa shape index (κ3) is 4.47. The van der Waals surface area contributed by atoms with E-state index in [1.54, 1.807) is 18.2 Å². The lowest BCUT2D eigenvalue weighted by atomic mass is 10.1. The minimum absolute atomic E-state index is 0.0134. The van der Waals surface area contributed by atoms with E-state index in [0.29, 0.717) is 15.6 Å². The number of rotatable bonds is 4. The van der Waals surface area contributed by atoms with Gasteiger partial charge in [-0.15, -0.1) is 0 Å². The van der Waals surface area contributed by atoms with Crippen LogP contribution < -0.4 is 0 Å². The van der Waals surface area contributed by atoms with Crippen LogP contribution >= 0.6 is 23.2 Å². The Bertz CT molecular complexity index is 768. The molecule has 112 valence electrons. The Morgan fingerprint density at radius 3 is 2.24 bits per heavy atom. The molecule has 21 heavy (non-hydrogen) atoms. The first-order chi connectivity index (χ1) is 9.77. The predicted molar refractivity (Wildman–Crippen MR) is 88.7 cm³/mol. The maximum atomic E-state index is 12.4. The Morgan fingerprint density at radius 2 is 1.57 bits per heavy atom. The molecule has 2 aromatic rings. The molecule has 5 heteroatoms. The van der Waals surface area contributed by atoms with Gasteiger partial charge in [-0.05, 0) is 42.7 Å². The number of halogens is 2. The number of benzene rings is 2. The highest BCUT2D eigenvalue weighted by Crippen LogP contribution is 2.24. The standard InChI is InChI=1S/C16H16Cl2O2S/c1-11-3-4-12(2)14(7-11)10-21(19,20)9-13-5-6-15(17)8-16(13)18/h3-8H,9-10H2,1-2H3. The SMILES string of the molecule is Cc1ccc(C)c(CS(=O)(=O)Cc2ccc(Cl)cc2Cl)c1. The summed E-state index contributed by atoms with van der Waals surface area (Å²) in [7, 11) is -3.29. The van der Waals surface area contributed by atoms with Crippen molar-refractivity contribution in [3.8, 4) is 0 Å². The van der Waals surface area contributed by atoms with Crippen molar-refractivity contribution in [2.45, 2.75) is 25.4 Å². The van der Waals surface area contributed by atoms with Crippen molar-refractivity contribution in [2.24, 2.45) is 0 Å². The average molecular weight is 343 g/mol. The second kappa shape index (κ2) is 6.39. The Morgan fingerprint density at radius 1 is 0.905 bits per heavy atom. The predicted octanol–water partition coefficient (Wildman–Crippen LogP) is 4.73. The van der Waals surface area contributed by atoms with Gasteiger partial charge in [0.1, 0.15) is 0 Å². The van der Waals surface area contributed by atoms with Gasteiger partial charge in [0.15, 0.2) is 9.84 Å². The molecular weight excluding hydrogens is 327 g/mol. The van der Waals surface area contributed by atoms with E-state index in [0.717, 1.165) is 16.7 Å². The Labute approximate surface area is 135 Å². The minimum atomic E-state index is -3.29. The summed E-state index contributed by atoms with van der Waals surface area (Å²) >= 11 is 11.9. The number of hydrogen-bond acceptors (Lipinski definition) is 2. The molecule has 0 heterocycles. The molecular formula is C16H16Cl2O2S. The molecule has 0 saturated carbocycles. The summed E-state index contributed by atoms with van der Waals surface area (Å²) < 4.78 is 24.8.